The zero-order valence-corrected chi connectivity index (χ0v) is 18.6. The Labute approximate surface area is 163 Å². The van der Waals surface area contributed by atoms with Gasteiger partial charge in [0, 0.05) is 0 Å². The molecule has 0 aliphatic carbocycles. The Morgan fingerprint density at radius 3 is 1.61 bits per heavy atom. The minimum atomic E-state index is -5.00. The maximum atomic E-state index is 15.6. The second-order valence-electron chi connectivity index (χ2n) is 7.20. The van der Waals surface area contributed by atoms with Gasteiger partial charge in [-0.05, 0) is 58.1 Å². The van der Waals surface area contributed by atoms with Crippen molar-refractivity contribution in [2.45, 2.75) is 57.9 Å². The molecule has 0 saturated heterocycles. The molecule has 28 heavy (non-hydrogen) atoms. The lowest BCUT2D eigenvalue weighted by atomic mass is 9.95. The SMILES string of the molecule is CCOP(=O)(OCC)C(F)(F)C(C)(O[Si](C)(C)C)c1ccc(C(F)(F)F)cc1. The van der Waals surface area contributed by atoms with Gasteiger partial charge in [0.25, 0.3) is 0 Å². The zero-order valence-electron chi connectivity index (χ0n) is 16.7. The van der Waals surface area contributed by atoms with Crippen molar-refractivity contribution in [1.29, 1.82) is 0 Å². The van der Waals surface area contributed by atoms with E-state index in [-0.39, 0.29) is 18.8 Å². The van der Waals surface area contributed by atoms with Gasteiger partial charge in [0.05, 0.1) is 18.8 Å². The molecule has 0 aromatic heterocycles. The smallest absolute Gasteiger partial charge is 0.402 e. The molecule has 0 amide bonds. The molecule has 162 valence electrons. The molecule has 0 fully saturated rings. The number of alkyl halides is 5. The molecule has 0 aliphatic heterocycles. The van der Waals surface area contributed by atoms with Crippen LogP contribution in [0.5, 0.6) is 0 Å². The van der Waals surface area contributed by atoms with Crippen LogP contribution in [0.15, 0.2) is 24.3 Å². The first-order chi connectivity index (χ1) is 12.5. The van der Waals surface area contributed by atoms with Gasteiger partial charge in [0.15, 0.2) is 13.9 Å². The monoisotopic (exact) mass is 448 g/mol. The molecule has 1 aromatic carbocycles. The average molecular weight is 448 g/mol. The Bertz CT molecular complexity index is 693. The first kappa shape index (κ1) is 25.2. The van der Waals surface area contributed by atoms with E-state index in [1.165, 1.54) is 13.8 Å². The van der Waals surface area contributed by atoms with Crippen LogP contribution >= 0.6 is 7.60 Å². The van der Waals surface area contributed by atoms with Gasteiger partial charge in [-0.15, -0.1) is 0 Å². The van der Waals surface area contributed by atoms with Crippen molar-refractivity contribution in [3.05, 3.63) is 35.4 Å². The minimum Gasteiger partial charge on any atom is -0.402 e. The summed E-state index contributed by atoms with van der Waals surface area (Å²) in [6, 6.07) is 3.17. The van der Waals surface area contributed by atoms with Gasteiger partial charge in [-0.1, -0.05) is 12.1 Å². The highest BCUT2D eigenvalue weighted by molar-refractivity contribution is 7.55. The molecular weight excluding hydrogens is 422 g/mol. The topological polar surface area (TPSA) is 44.8 Å². The van der Waals surface area contributed by atoms with Crippen molar-refractivity contribution in [3.63, 3.8) is 0 Å². The van der Waals surface area contributed by atoms with Crippen LogP contribution in [0, 0.1) is 0 Å². The number of hydrogen-bond acceptors (Lipinski definition) is 4. The molecule has 0 heterocycles. The molecular formula is C17H26F5O4PSi. The van der Waals surface area contributed by atoms with E-state index in [0.717, 1.165) is 19.1 Å². The summed E-state index contributed by atoms with van der Waals surface area (Å²) in [6.07, 6.45) is -4.62. The predicted molar refractivity (Wildman–Crippen MR) is 99.0 cm³/mol. The fourth-order valence-corrected chi connectivity index (χ4v) is 6.02. The van der Waals surface area contributed by atoms with E-state index in [9.17, 15) is 17.7 Å². The van der Waals surface area contributed by atoms with Crippen molar-refractivity contribution in [3.8, 4) is 0 Å². The summed E-state index contributed by atoms with van der Waals surface area (Å²) in [7, 11) is -7.69. The average Bonchev–Trinajstić information content (AvgIpc) is 2.52. The fraction of sp³-hybridized carbons (Fsp3) is 0.647. The number of hydrogen-bond donors (Lipinski definition) is 0. The summed E-state index contributed by atoms with van der Waals surface area (Å²) >= 11 is 0. The van der Waals surface area contributed by atoms with Crippen LogP contribution < -0.4 is 0 Å². The van der Waals surface area contributed by atoms with E-state index in [1.54, 1.807) is 19.6 Å². The summed E-state index contributed by atoms with van der Waals surface area (Å²) in [4.78, 5) is 0. The van der Waals surface area contributed by atoms with Gasteiger partial charge in [-0.25, -0.2) is 0 Å². The van der Waals surface area contributed by atoms with Crippen LogP contribution in [-0.2, 0) is 29.8 Å². The van der Waals surface area contributed by atoms with E-state index in [4.69, 9.17) is 13.5 Å². The molecule has 1 rings (SSSR count). The Morgan fingerprint density at radius 2 is 1.29 bits per heavy atom. The molecule has 1 aromatic rings. The molecule has 11 heteroatoms. The highest BCUT2D eigenvalue weighted by atomic mass is 31.2. The summed E-state index contributed by atoms with van der Waals surface area (Å²) in [6.45, 7) is 8.07. The van der Waals surface area contributed by atoms with Crippen molar-refractivity contribution < 1.29 is 40.0 Å². The third kappa shape index (κ3) is 5.21. The van der Waals surface area contributed by atoms with E-state index in [0.29, 0.717) is 12.1 Å². The van der Waals surface area contributed by atoms with Crippen molar-refractivity contribution in [1.82, 2.24) is 0 Å². The second-order valence-corrected chi connectivity index (χ2v) is 13.7. The highest BCUT2D eigenvalue weighted by Gasteiger charge is 2.67. The first-order valence-corrected chi connectivity index (χ1v) is 13.6. The maximum Gasteiger partial charge on any atom is 0.416 e. The van der Waals surface area contributed by atoms with Crippen molar-refractivity contribution in [2.24, 2.45) is 0 Å². The number of halogens is 5. The molecule has 1 unspecified atom stereocenters. The third-order valence-electron chi connectivity index (χ3n) is 3.79. The van der Waals surface area contributed by atoms with Crippen LogP contribution in [0.2, 0.25) is 19.6 Å². The van der Waals surface area contributed by atoms with Crippen molar-refractivity contribution in [2.75, 3.05) is 13.2 Å². The standard InChI is InChI=1S/C17H26F5O4PSi/c1-7-24-27(23,25-8-2)17(21,22)15(3,26-28(4,5)6)13-9-11-14(12-10-13)16(18,19)20/h9-12H,7-8H2,1-6H3. The summed E-state index contributed by atoms with van der Waals surface area (Å²) < 4.78 is 98.1. The number of benzene rings is 1. The lowest BCUT2D eigenvalue weighted by Gasteiger charge is -2.43. The van der Waals surface area contributed by atoms with E-state index < -0.39 is 38.9 Å². The quantitative estimate of drug-likeness (QED) is 0.242. The minimum absolute atomic E-state index is 0.257. The first-order valence-electron chi connectivity index (χ1n) is 8.69. The zero-order chi connectivity index (χ0) is 22.0. The molecule has 0 radical (unpaired) electrons. The van der Waals surface area contributed by atoms with Gasteiger partial charge in [-0.2, -0.15) is 22.0 Å². The fourth-order valence-electron chi connectivity index (χ4n) is 2.68. The van der Waals surface area contributed by atoms with Gasteiger partial charge in [0.2, 0.25) is 0 Å². The van der Waals surface area contributed by atoms with Crippen LogP contribution in [0.4, 0.5) is 22.0 Å². The van der Waals surface area contributed by atoms with Gasteiger partial charge < -0.3 is 13.5 Å². The molecule has 4 nitrogen and oxygen atoms in total. The Balaban J connectivity index is 3.63. The summed E-state index contributed by atoms with van der Waals surface area (Å²) in [5.74, 6) is 0. The molecule has 0 spiro atoms. The molecule has 0 N–H and O–H groups in total. The normalized spacial score (nSPS) is 16.1. The Hall–Kier alpha value is -0.803. The lowest BCUT2D eigenvalue weighted by molar-refractivity contribution is -0.138. The van der Waals surface area contributed by atoms with Gasteiger partial charge >= 0.3 is 19.4 Å². The van der Waals surface area contributed by atoms with E-state index >= 15 is 8.78 Å². The van der Waals surface area contributed by atoms with E-state index in [2.05, 4.69) is 0 Å². The molecule has 0 saturated carbocycles. The van der Waals surface area contributed by atoms with Crippen LogP contribution in [-0.4, -0.2) is 27.2 Å². The predicted octanol–water partition coefficient (Wildman–Crippen LogP) is 6.63. The van der Waals surface area contributed by atoms with Gasteiger partial charge in [0.1, 0.15) is 0 Å². The van der Waals surface area contributed by atoms with Crippen LogP contribution in [0.3, 0.4) is 0 Å². The van der Waals surface area contributed by atoms with Gasteiger partial charge in [-0.3, -0.25) is 4.57 Å². The largest absolute Gasteiger partial charge is 0.416 e. The summed E-state index contributed by atoms with van der Waals surface area (Å²) in [5, 5.41) is 0. The third-order valence-corrected chi connectivity index (χ3v) is 7.12. The summed E-state index contributed by atoms with van der Waals surface area (Å²) in [5.41, 5.74) is -7.94. The number of rotatable bonds is 9. The Morgan fingerprint density at radius 1 is 0.893 bits per heavy atom. The van der Waals surface area contributed by atoms with Crippen LogP contribution in [0.1, 0.15) is 31.9 Å². The van der Waals surface area contributed by atoms with Crippen molar-refractivity contribution >= 4 is 15.9 Å². The van der Waals surface area contributed by atoms with Crippen LogP contribution in [0.25, 0.3) is 0 Å². The highest BCUT2D eigenvalue weighted by Crippen LogP contribution is 2.69. The molecule has 0 bridgehead atoms. The second kappa shape index (κ2) is 8.51. The maximum absolute atomic E-state index is 15.6. The van der Waals surface area contributed by atoms with E-state index in [1.807, 2.05) is 0 Å². The molecule has 0 aliphatic rings. The molecule has 1 atom stereocenters. The lowest BCUT2D eigenvalue weighted by Crippen LogP contribution is -2.51. The Kier molecular flexibility index (Phi) is 7.67.